The van der Waals surface area contributed by atoms with Gasteiger partial charge in [0, 0.05) is 5.56 Å². The molecule has 0 saturated carbocycles. The molecule has 0 aliphatic carbocycles. The lowest BCUT2D eigenvalue weighted by Gasteiger charge is -2.15. The molecule has 0 saturated heterocycles. The van der Waals surface area contributed by atoms with E-state index in [4.69, 9.17) is 0 Å². The normalized spacial score (nSPS) is 12.0. The molecule has 1 N–H and O–H groups in total. The van der Waals surface area contributed by atoms with Crippen molar-refractivity contribution < 1.29 is 9.59 Å². The third-order valence-electron chi connectivity index (χ3n) is 3.07. The minimum absolute atomic E-state index is 0.146. The number of allylic oxidation sites excluding steroid dienone is 1. The third kappa shape index (κ3) is 4.73. The fraction of sp³-hybridized carbons (Fsp3) is 0.111. The van der Waals surface area contributed by atoms with Crippen LogP contribution in [0, 0.1) is 0 Å². The summed E-state index contributed by atoms with van der Waals surface area (Å²) in [5, 5.41) is 2.93. The van der Waals surface area contributed by atoms with Crippen LogP contribution in [0.2, 0.25) is 0 Å². The van der Waals surface area contributed by atoms with E-state index in [1.54, 1.807) is 18.2 Å². The summed E-state index contributed by atoms with van der Waals surface area (Å²) >= 11 is 0. The zero-order valence-corrected chi connectivity index (χ0v) is 11.6. The Bertz CT molecular complexity index is 606. The van der Waals surface area contributed by atoms with Crippen LogP contribution in [0.15, 0.2) is 72.8 Å². The molecule has 0 aliphatic rings. The van der Waals surface area contributed by atoms with Gasteiger partial charge in [0.1, 0.15) is 6.29 Å². The third-order valence-corrected chi connectivity index (χ3v) is 3.07. The van der Waals surface area contributed by atoms with E-state index in [-0.39, 0.29) is 11.9 Å². The lowest BCUT2D eigenvalue weighted by atomic mass is 10.0. The SMILES string of the molecule is O=CC=CC(Cc1ccccc1)NC(=O)c1ccccc1. The molecule has 106 valence electrons. The molecule has 21 heavy (non-hydrogen) atoms. The zero-order chi connectivity index (χ0) is 14.9. The van der Waals surface area contributed by atoms with Gasteiger partial charge in [-0.25, -0.2) is 0 Å². The molecule has 0 radical (unpaired) electrons. The molecule has 0 fully saturated rings. The molecular weight excluding hydrogens is 262 g/mol. The molecule has 0 heterocycles. The van der Waals surface area contributed by atoms with Crippen molar-refractivity contribution in [1.82, 2.24) is 5.32 Å². The molecule has 3 nitrogen and oxygen atoms in total. The monoisotopic (exact) mass is 279 g/mol. The molecular formula is C18H17NO2. The van der Waals surface area contributed by atoms with Crippen molar-refractivity contribution in [3.05, 3.63) is 83.9 Å². The van der Waals surface area contributed by atoms with Gasteiger partial charge >= 0.3 is 0 Å². The maximum Gasteiger partial charge on any atom is 0.251 e. The molecule has 2 rings (SSSR count). The van der Waals surface area contributed by atoms with Crippen LogP contribution >= 0.6 is 0 Å². The number of rotatable bonds is 6. The predicted molar refractivity (Wildman–Crippen MR) is 83.0 cm³/mol. The Morgan fingerprint density at radius 2 is 1.62 bits per heavy atom. The summed E-state index contributed by atoms with van der Waals surface area (Å²) in [7, 11) is 0. The van der Waals surface area contributed by atoms with Crippen LogP contribution in [0.5, 0.6) is 0 Å². The van der Waals surface area contributed by atoms with Crippen LogP contribution in [0.25, 0.3) is 0 Å². The van der Waals surface area contributed by atoms with Gasteiger partial charge < -0.3 is 5.32 Å². The molecule has 1 amide bonds. The molecule has 0 aromatic heterocycles. The second kappa shape index (κ2) is 7.80. The highest BCUT2D eigenvalue weighted by Gasteiger charge is 2.11. The van der Waals surface area contributed by atoms with Crippen molar-refractivity contribution in [2.75, 3.05) is 0 Å². The van der Waals surface area contributed by atoms with E-state index >= 15 is 0 Å². The van der Waals surface area contributed by atoms with Crippen molar-refractivity contribution in [1.29, 1.82) is 0 Å². The minimum Gasteiger partial charge on any atom is -0.345 e. The van der Waals surface area contributed by atoms with Crippen molar-refractivity contribution >= 4 is 12.2 Å². The summed E-state index contributed by atoms with van der Waals surface area (Å²) in [6, 6.07) is 18.7. The number of hydrogen-bond acceptors (Lipinski definition) is 2. The number of amides is 1. The zero-order valence-electron chi connectivity index (χ0n) is 11.6. The minimum atomic E-state index is -0.217. The molecule has 1 unspecified atom stereocenters. The lowest BCUT2D eigenvalue weighted by Crippen LogP contribution is -2.35. The van der Waals surface area contributed by atoms with Gasteiger partial charge in [-0.3, -0.25) is 9.59 Å². The van der Waals surface area contributed by atoms with E-state index < -0.39 is 0 Å². The first-order valence-corrected chi connectivity index (χ1v) is 6.81. The van der Waals surface area contributed by atoms with Crippen LogP contribution in [-0.2, 0) is 11.2 Å². The molecule has 1 atom stereocenters. The first-order chi connectivity index (χ1) is 10.3. The van der Waals surface area contributed by atoms with Crippen LogP contribution in [0.4, 0.5) is 0 Å². The smallest absolute Gasteiger partial charge is 0.251 e. The molecule has 2 aromatic rings. The van der Waals surface area contributed by atoms with Gasteiger partial charge in [0.25, 0.3) is 5.91 Å². The van der Waals surface area contributed by atoms with E-state index in [9.17, 15) is 9.59 Å². The number of aldehydes is 1. The van der Waals surface area contributed by atoms with Crippen LogP contribution in [0.3, 0.4) is 0 Å². The number of hydrogen-bond donors (Lipinski definition) is 1. The summed E-state index contributed by atoms with van der Waals surface area (Å²) in [6.07, 6.45) is 4.48. The fourth-order valence-corrected chi connectivity index (χ4v) is 2.06. The number of carbonyl (C=O) groups excluding carboxylic acids is 2. The average molecular weight is 279 g/mol. The highest BCUT2D eigenvalue weighted by atomic mass is 16.1. The van der Waals surface area contributed by atoms with Crippen LogP contribution < -0.4 is 5.32 Å². The Labute approximate surface area is 124 Å². The van der Waals surface area contributed by atoms with E-state index in [1.807, 2.05) is 48.5 Å². The summed E-state index contributed by atoms with van der Waals surface area (Å²) in [5.41, 5.74) is 1.71. The second-order valence-corrected chi connectivity index (χ2v) is 4.66. The summed E-state index contributed by atoms with van der Waals surface area (Å²) < 4.78 is 0. The number of carbonyl (C=O) groups is 2. The van der Waals surface area contributed by atoms with E-state index in [1.165, 1.54) is 6.08 Å². The highest BCUT2D eigenvalue weighted by molar-refractivity contribution is 5.94. The van der Waals surface area contributed by atoms with Gasteiger partial charge in [0.15, 0.2) is 0 Å². The summed E-state index contributed by atoms with van der Waals surface area (Å²) in [4.78, 5) is 22.7. The molecule has 3 heteroatoms. The number of nitrogens with one attached hydrogen (secondary N) is 1. The highest BCUT2D eigenvalue weighted by Crippen LogP contribution is 2.06. The maximum atomic E-state index is 12.2. The van der Waals surface area contributed by atoms with Crippen molar-refractivity contribution in [2.45, 2.75) is 12.5 Å². The quantitative estimate of drug-likeness (QED) is 0.653. The Hall–Kier alpha value is -2.68. The first-order valence-electron chi connectivity index (χ1n) is 6.81. The maximum absolute atomic E-state index is 12.2. The Morgan fingerprint density at radius 1 is 1.00 bits per heavy atom. The van der Waals surface area contributed by atoms with Gasteiger partial charge in [-0.1, -0.05) is 54.6 Å². The van der Waals surface area contributed by atoms with Gasteiger partial charge in [-0.15, -0.1) is 0 Å². The topological polar surface area (TPSA) is 46.2 Å². The Balaban J connectivity index is 2.08. The average Bonchev–Trinajstić information content (AvgIpc) is 2.54. The molecule has 0 aliphatic heterocycles. The van der Waals surface area contributed by atoms with Gasteiger partial charge in [-0.2, -0.15) is 0 Å². The van der Waals surface area contributed by atoms with E-state index in [0.29, 0.717) is 18.3 Å². The molecule has 0 spiro atoms. The molecule has 0 bridgehead atoms. The van der Waals surface area contributed by atoms with E-state index in [0.717, 1.165) is 5.56 Å². The fourth-order valence-electron chi connectivity index (χ4n) is 2.06. The summed E-state index contributed by atoms with van der Waals surface area (Å²) in [5.74, 6) is -0.146. The summed E-state index contributed by atoms with van der Waals surface area (Å²) in [6.45, 7) is 0. The Kier molecular flexibility index (Phi) is 5.47. The standard InChI is InChI=1S/C18H17NO2/c20-13-7-12-17(14-15-8-3-1-4-9-15)19-18(21)16-10-5-2-6-11-16/h1-13,17H,14H2,(H,19,21). The molecule has 2 aromatic carbocycles. The second-order valence-electron chi connectivity index (χ2n) is 4.66. The first kappa shape index (κ1) is 14.7. The van der Waals surface area contributed by atoms with Gasteiger partial charge in [0.2, 0.25) is 0 Å². The lowest BCUT2D eigenvalue weighted by molar-refractivity contribution is -0.104. The Morgan fingerprint density at radius 3 is 2.24 bits per heavy atom. The van der Waals surface area contributed by atoms with Crippen LogP contribution in [-0.4, -0.2) is 18.2 Å². The van der Waals surface area contributed by atoms with Gasteiger partial charge in [0.05, 0.1) is 6.04 Å². The van der Waals surface area contributed by atoms with E-state index in [2.05, 4.69) is 5.32 Å². The van der Waals surface area contributed by atoms with Crippen molar-refractivity contribution in [3.63, 3.8) is 0 Å². The number of benzene rings is 2. The van der Waals surface area contributed by atoms with Gasteiger partial charge in [-0.05, 0) is 30.2 Å². The van der Waals surface area contributed by atoms with Crippen molar-refractivity contribution in [3.8, 4) is 0 Å². The van der Waals surface area contributed by atoms with Crippen molar-refractivity contribution in [2.24, 2.45) is 0 Å². The largest absolute Gasteiger partial charge is 0.345 e. The predicted octanol–water partition coefficient (Wildman–Crippen LogP) is 2.78. The van der Waals surface area contributed by atoms with Crippen LogP contribution in [0.1, 0.15) is 15.9 Å².